The van der Waals surface area contributed by atoms with Crippen LogP contribution in [0.1, 0.15) is 5.56 Å². The maximum atomic E-state index is 12.3. The third-order valence-corrected chi connectivity index (χ3v) is 4.00. The van der Waals surface area contributed by atoms with Gasteiger partial charge in [-0.2, -0.15) is 0 Å². The first-order valence-corrected chi connectivity index (χ1v) is 8.03. The van der Waals surface area contributed by atoms with Gasteiger partial charge in [0.2, 0.25) is 5.91 Å². The molecule has 1 fully saturated rings. The van der Waals surface area contributed by atoms with Crippen molar-refractivity contribution in [1.82, 2.24) is 16.2 Å². The predicted molar refractivity (Wildman–Crippen MR) is 95.3 cm³/mol. The lowest BCUT2D eigenvalue weighted by Crippen LogP contribution is -2.68. The Morgan fingerprint density at radius 3 is 2.08 bits per heavy atom. The van der Waals surface area contributed by atoms with Gasteiger partial charge in [0, 0.05) is 5.69 Å². The zero-order chi connectivity index (χ0) is 17.6. The topological polar surface area (TPSA) is 83.7 Å². The normalized spacial score (nSPS) is 19.8. The Morgan fingerprint density at radius 1 is 0.920 bits per heavy atom. The summed E-state index contributed by atoms with van der Waals surface area (Å²) in [4.78, 5) is 12.3. The van der Waals surface area contributed by atoms with Gasteiger partial charge in [0.15, 0.2) is 6.29 Å². The van der Waals surface area contributed by atoms with Crippen LogP contribution in [-0.4, -0.2) is 32.5 Å². The molecule has 2 aromatic rings. The zero-order valence-corrected chi connectivity index (χ0v) is 14.2. The highest BCUT2D eigenvalue weighted by Crippen LogP contribution is 2.16. The van der Waals surface area contributed by atoms with Crippen LogP contribution >= 0.6 is 0 Å². The summed E-state index contributed by atoms with van der Waals surface area (Å²) in [7, 11) is 3.25. The Morgan fingerprint density at radius 2 is 1.52 bits per heavy atom. The molecular formula is C18H22N4O3. The van der Waals surface area contributed by atoms with Crippen molar-refractivity contribution in [2.45, 2.75) is 18.8 Å². The minimum atomic E-state index is -0.395. The van der Waals surface area contributed by atoms with Gasteiger partial charge in [-0.1, -0.05) is 12.1 Å². The molecule has 1 aliphatic heterocycles. The van der Waals surface area contributed by atoms with Crippen LogP contribution in [0.25, 0.3) is 0 Å². The van der Waals surface area contributed by atoms with Gasteiger partial charge >= 0.3 is 0 Å². The first kappa shape index (κ1) is 17.1. The molecular weight excluding hydrogens is 320 g/mol. The molecule has 0 bridgehead atoms. The standard InChI is InChI=1S/C18H22N4O3/c1-24-14-7-3-12(4-8-14)11-16-17(23)20-18(22-21-16)19-13-5-9-15(25-2)10-6-13/h3-10,16,18-19,21-22H,11H2,1-2H3,(H,20,23). The number of hydrazine groups is 1. The molecule has 25 heavy (non-hydrogen) atoms. The number of amides is 1. The van der Waals surface area contributed by atoms with Crippen molar-refractivity contribution in [2.24, 2.45) is 0 Å². The zero-order valence-electron chi connectivity index (χ0n) is 14.2. The summed E-state index contributed by atoms with van der Waals surface area (Å²) in [6, 6.07) is 14.8. The van der Waals surface area contributed by atoms with Crippen molar-refractivity contribution in [3.05, 3.63) is 54.1 Å². The third kappa shape index (κ3) is 4.40. The average molecular weight is 342 g/mol. The number of anilines is 1. The molecule has 1 heterocycles. The monoisotopic (exact) mass is 342 g/mol. The van der Waals surface area contributed by atoms with E-state index < -0.39 is 6.29 Å². The maximum absolute atomic E-state index is 12.3. The van der Waals surface area contributed by atoms with Gasteiger partial charge < -0.3 is 20.1 Å². The molecule has 2 aromatic carbocycles. The Bertz CT molecular complexity index is 703. The van der Waals surface area contributed by atoms with Crippen LogP contribution in [0.5, 0.6) is 11.5 Å². The summed E-state index contributed by atoms with van der Waals surface area (Å²) >= 11 is 0. The van der Waals surface area contributed by atoms with Crippen LogP contribution in [0, 0.1) is 0 Å². The summed E-state index contributed by atoms with van der Waals surface area (Å²) in [6.07, 6.45) is 0.186. The molecule has 2 atom stereocenters. The fourth-order valence-corrected chi connectivity index (χ4v) is 2.60. The van der Waals surface area contributed by atoms with Crippen LogP contribution in [-0.2, 0) is 11.2 Å². The van der Waals surface area contributed by atoms with E-state index in [1.165, 1.54) is 0 Å². The van der Waals surface area contributed by atoms with Crippen LogP contribution in [0.2, 0.25) is 0 Å². The predicted octanol–water partition coefficient (Wildman–Crippen LogP) is 1.23. The average Bonchev–Trinajstić information content (AvgIpc) is 2.65. The fourth-order valence-electron chi connectivity index (χ4n) is 2.60. The Kier molecular flexibility index (Phi) is 5.37. The van der Waals surface area contributed by atoms with E-state index in [1.807, 2.05) is 48.5 Å². The summed E-state index contributed by atoms with van der Waals surface area (Å²) in [5.74, 6) is 1.51. The lowest BCUT2D eigenvalue weighted by atomic mass is 10.1. The molecule has 1 aliphatic rings. The van der Waals surface area contributed by atoms with E-state index in [9.17, 15) is 4.79 Å². The number of nitrogens with one attached hydrogen (secondary N) is 4. The second-order valence-corrected chi connectivity index (χ2v) is 5.71. The van der Waals surface area contributed by atoms with E-state index in [0.717, 1.165) is 22.7 Å². The molecule has 0 radical (unpaired) electrons. The molecule has 1 amide bonds. The highest BCUT2D eigenvalue weighted by Gasteiger charge is 2.27. The number of hydrogen-bond donors (Lipinski definition) is 4. The number of ether oxygens (including phenoxy) is 2. The van der Waals surface area contributed by atoms with Crippen LogP contribution in [0.3, 0.4) is 0 Å². The summed E-state index contributed by atoms with van der Waals surface area (Å²) in [6.45, 7) is 0. The third-order valence-electron chi connectivity index (χ3n) is 4.00. The second kappa shape index (κ2) is 7.87. The quantitative estimate of drug-likeness (QED) is 0.632. The SMILES string of the molecule is COc1ccc(CC2NNC(Nc3ccc(OC)cc3)NC2=O)cc1. The summed E-state index contributed by atoms with van der Waals surface area (Å²) < 4.78 is 10.3. The molecule has 0 saturated carbocycles. The molecule has 7 nitrogen and oxygen atoms in total. The second-order valence-electron chi connectivity index (χ2n) is 5.71. The highest BCUT2D eigenvalue weighted by molar-refractivity contribution is 5.83. The molecule has 132 valence electrons. The molecule has 4 N–H and O–H groups in total. The van der Waals surface area contributed by atoms with Gasteiger partial charge in [-0.3, -0.25) is 4.79 Å². The number of carbonyl (C=O) groups excluding carboxylic acids is 1. The van der Waals surface area contributed by atoms with Gasteiger partial charge in [0.05, 0.1) is 14.2 Å². The maximum Gasteiger partial charge on any atom is 0.241 e. The van der Waals surface area contributed by atoms with Crippen LogP contribution < -0.4 is 31.0 Å². The highest BCUT2D eigenvalue weighted by atomic mass is 16.5. The molecule has 0 spiro atoms. The molecule has 0 aliphatic carbocycles. The van der Waals surface area contributed by atoms with E-state index in [4.69, 9.17) is 9.47 Å². The molecule has 2 unspecified atom stereocenters. The van der Waals surface area contributed by atoms with Crippen molar-refractivity contribution in [3.8, 4) is 11.5 Å². The van der Waals surface area contributed by atoms with E-state index in [2.05, 4.69) is 21.5 Å². The number of methoxy groups -OCH3 is 2. The van der Waals surface area contributed by atoms with Gasteiger partial charge in [0.1, 0.15) is 17.5 Å². The molecule has 1 saturated heterocycles. The lowest BCUT2D eigenvalue weighted by molar-refractivity contribution is -0.126. The van der Waals surface area contributed by atoms with Crippen molar-refractivity contribution >= 4 is 11.6 Å². The molecule has 3 rings (SSSR count). The van der Waals surface area contributed by atoms with Gasteiger partial charge in [-0.05, 0) is 48.4 Å². The Balaban J connectivity index is 1.53. The largest absolute Gasteiger partial charge is 0.497 e. The van der Waals surface area contributed by atoms with E-state index in [-0.39, 0.29) is 11.9 Å². The van der Waals surface area contributed by atoms with Crippen LogP contribution in [0.4, 0.5) is 5.69 Å². The molecule has 7 heteroatoms. The van der Waals surface area contributed by atoms with E-state index >= 15 is 0 Å². The number of benzene rings is 2. The number of hydrogen-bond acceptors (Lipinski definition) is 6. The van der Waals surface area contributed by atoms with E-state index in [0.29, 0.717) is 6.42 Å². The van der Waals surface area contributed by atoms with Gasteiger partial charge in [0.25, 0.3) is 0 Å². The van der Waals surface area contributed by atoms with Crippen LogP contribution in [0.15, 0.2) is 48.5 Å². The first-order valence-electron chi connectivity index (χ1n) is 8.03. The van der Waals surface area contributed by atoms with Crippen molar-refractivity contribution in [1.29, 1.82) is 0 Å². The first-order chi connectivity index (χ1) is 12.2. The van der Waals surface area contributed by atoms with Gasteiger partial charge in [-0.15, -0.1) is 0 Å². The fraction of sp³-hybridized carbons (Fsp3) is 0.278. The number of rotatable bonds is 6. The van der Waals surface area contributed by atoms with Crippen molar-refractivity contribution in [3.63, 3.8) is 0 Å². The Labute approximate surface area is 146 Å². The summed E-state index contributed by atoms with van der Waals surface area (Å²) in [5, 5.41) is 6.09. The minimum Gasteiger partial charge on any atom is -0.497 e. The van der Waals surface area contributed by atoms with Crippen molar-refractivity contribution in [2.75, 3.05) is 19.5 Å². The van der Waals surface area contributed by atoms with Gasteiger partial charge in [-0.25, -0.2) is 10.9 Å². The van der Waals surface area contributed by atoms with E-state index in [1.54, 1.807) is 14.2 Å². The van der Waals surface area contributed by atoms with Crippen molar-refractivity contribution < 1.29 is 14.3 Å². The summed E-state index contributed by atoms with van der Waals surface area (Å²) in [5.41, 5.74) is 8.05. The minimum absolute atomic E-state index is 0.0689. The smallest absolute Gasteiger partial charge is 0.241 e. The number of carbonyl (C=O) groups is 1. The molecule has 0 aromatic heterocycles. The lowest BCUT2D eigenvalue weighted by Gasteiger charge is -2.32. The Hall–Kier alpha value is -2.77.